The molecule has 2 aromatic rings. The highest BCUT2D eigenvalue weighted by atomic mass is 32.3. The van der Waals surface area contributed by atoms with Gasteiger partial charge in [0.25, 0.3) is 0 Å². The lowest BCUT2D eigenvalue weighted by Gasteiger charge is -2.03. The maximum atomic E-state index is 3.61. The summed E-state index contributed by atoms with van der Waals surface area (Å²) in [5, 5.41) is 4.47. The van der Waals surface area contributed by atoms with E-state index in [2.05, 4.69) is 124 Å². The molecule has 8 rings (SSSR count). The Labute approximate surface area is 552 Å². The van der Waals surface area contributed by atoms with Gasteiger partial charge in [-0.25, -0.2) is 0 Å². The van der Waals surface area contributed by atoms with E-state index >= 15 is 0 Å². The van der Waals surface area contributed by atoms with Crippen LogP contribution in [0, 0.1) is 47.4 Å². The summed E-state index contributed by atoms with van der Waals surface area (Å²) in [5.74, 6) is 35.4. The van der Waals surface area contributed by atoms with Gasteiger partial charge in [0.15, 0.2) is 0 Å². The van der Waals surface area contributed by atoms with E-state index in [1.807, 2.05) is 188 Å². The third-order valence-corrected chi connectivity index (χ3v) is 38.0. The van der Waals surface area contributed by atoms with Crippen molar-refractivity contribution < 1.29 is 0 Å². The highest BCUT2D eigenvalue weighted by Crippen LogP contribution is 2.66. The number of unbranched alkanes of at least 4 members (excludes halogenated alkanes) is 6. The molecule has 0 radical (unpaired) electrons. The van der Waals surface area contributed by atoms with E-state index < -0.39 is 0 Å². The third kappa shape index (κ3) is 20.9. The van der Waals surface area contributed by atoms with Crippen molar-refractivity contribution in [1.82, 2.24) is 0 Å². The van der Waals surface area contributed by atoms with Gasteiger partial charge in [0.2, 0.25) is 0 Å². The van der Waals surface area contributed by atoms with Gasteiger partial charge in [-0.3, -0.25) is 0 Å². The molecule has 0 saturated heterocycles. The summed E-state index contributed by atoms with van der Waals surface area (Å²) in [4.78, 5) is 8.41. The molecule has 6 aliphatic rings. The predicted octanol–water partition coefficient (Wildman–Crippen LogP) is 25.6. The van der Waals surface area contributed by atoms with Gasteiger partial charge in [0, 0.05) is 0 Å². The van der Waals surface area contributed by atoms with Gasteiger partial charge < -0.3 is 0 Å². The standard InChI is InChI=1S/C58H60S20/c1-7-13-31-59-47-48(60-32-14-8-2)74-55(73-47)53-65-37-43(69-53)25-23-39-19-21-41(67-39)27-29-45-46(72-57(71-45)58-77-51(63-35-17-11-5)52(78-58)64-36-18-12-6)30-28-42-22-20-40(68-42)24-26-44-38-66-54(70-44)56-75-49(61-33-15-9-3)50(76-56)62-34-16-10-4/h19-22,37-38H,7-18,31-36H2,1-6H3. The van der Waals surface area contributed by atoms with E-state index in [-0.39, 0.29) is 0 Å². The minimum atomic E-state index is 1.02. The zero-order valence-electron chi connectivity index (χ0n) is 44.4. The quantitative estimate of drug-likeness (QED) is 0.0723. The number of thiophene rings is 2. The van der Waals surface area contributed by atoms with E-state index in [9.17, 15) is 0 Å². The summed E-state index contributed by atoms with van der Waals surface area (Å²) in [6, 6.07) is 8.50. The van der Waals surface area contributed by atoms with E-state index in [0.717, 1.165) is 39.1 Å². The first-order valence-corrected chi connectivity index (χ1v) is 43.6. The Balaban J connectivity index is 0.949. The first kappa shape index (κ1) is 65.6. The molecule has 412 valence electrons. The van der Waals surface area contributed by atoms with Gasteiger partial charge >= 0.3 is 0 Å². The van der Waals surface area contributed by atoms with Crippen LogP contribution in [0.4, 0.5) is 0 Å². The fraction of sp³-hybridized carbons (Fsp3) is 0.414. The van der Waals surface area contributed by atoms with Crippen molar-refractivity contribution in [3.63, 3.8) is 0 Å². The molecular weight excluding hydrogens is 1340 g/mol. The minimum Gasteiger partial charge on any atom is -0.118 e. The van der Waals surface area contributed by atoms with Crippen molar-refractivity contribution in [2.24, 2.45) is 0 Å². The largest absolute Gasteiger partial charge is 0.118 e. The lowest BCUT2D eigenvalue weighted by atomic mass is 10.4. The third-order valence-electron chi connectivity index (χ3n) is 10.5. The zero-order chi connectivity index (χ0) is 54.3. The summed E-state index contributed by atoms with van der Waals surface area (Å²) in [7, 11) is 0. The number of rotatable bonds is 24. The summed E-state index contributed by atoms with van der Waals surface area (Å²) < 4.78 is 17.2. The molecule has 0 N–H and O–H groups in total. The second kappa shape index (κ2) is 36.7. The number of hydrogen-bond acceptors (Lipinski definition) is 20. The molecule has 0 atom stereocenters. The van der Waals surface area contributed by atoms with Gasteiger partial charge in [0.1, 0.15) is 0 Å². The van der Waals surface area contributed by atoms with Gasteiger partial charge in [-0.2, -0.15) is 0 Å². The van der Waals surface area contributed by atoms with Gasteiger partial charge in [-0.15, -0.1) is 93.2 Å². The molecule has 0 spiro atoms. The molecule has 2 aromatic heterocycles. The monoisotopic (exact) mass is 1400 g/mol. The Bertz CT molecular complexity index is 2780. The Morgan fingerprint density at radius 2 is 0.551 bits per heavy atom. The minimum absolute atomic E-state index is 1.02. The molecule has 78 heavy (non-hydrogen) atoms. The first-order chi connectivity index (χ1) is 38.4. The maximum absolute atomic E-state index is 3.61. The maximum Gasteiger partial charge on any atom is 0.0856 e. The summed E-state index contributed by atoms with van der Waals surface area (Å²) in [6.45, 7) is 13.7. The highest BCUT2D eigenvalue weighted by molar-refractivity contribution is 8.44. The van der Waals surface area contributed by atoms with Crippen LogP contribution in [0.5, 0.6) is 0 Å². The van der Waals surface area contributed by atoms with Crippen LogP contribution in [-0.2, 0) is 0 Å². The Morgan fingerprint density at radius 1 is 0.295 bits per heavy atom. The molecule has 0 amide bonds. The van der Waals surface area contributed by atoms with Crippen LogP contribution in [0.1, 0.15) is 138 Å². The number of allylic oxidation sites excluding steroid dienone is 4. The van der Waals surface area contributed by atoms with Crippen LogP contribution in [-0.4, -0.2) is 34.5 Å². The Hall–Kier alpha value is 1.60. The molecule has 0 saturated carbocycles. The lowest BCUT2D eigenvalue weighted by molar-refractivity contribution is 0.897. The summed E-state index contributed by atoms with van der Waals surface area (Å²) >= 11 is 38.4. The average Bonchev–Trinajstić information content (AvgIpc) is 4.32. The van der Waals surface area contributed by atoms with Crippen molar-refractivity contribution in [3.8, 4) is 47.4 Å². The highest BCUT2D eigenvalue weighted by Gasteiger charge is 2.31. The summed E-state index contributed by atoms with van der Waals surface area (Å²) in [6.07, 6.45) is 14.9. The van der Waals surface area contributed by atoms with Crippen LogP contribution >= 0.6 is 234 Å². The normalized spacial score (nSPS) is 17.4. The molecule has 0 aliphatic carbocycles. The fourth-order valence-corrected chi connectivity index (χ4v) is 33.5. The lowest BCUT2D eigenvalue weighted by Crippen LogP contribution is -1.80. The molecular formula is C58H60S20. The second-order valence-electron chi connectivity index (χ2n) is 16.9. The van der Waals surface area contributed by atoms with Crippen LogP contribution < -0.4 is 0 Å². The number of hydrogen-bond donors (Lipinski definition) is 0. The van der Waals surface area contributed by atoms with Crippen LogP contribution in [0.15, 0.2) is 106 Å². The van der Waals surface area contributed by atoms with Crippen LogP contribution in [0.25, 0.3) is 0 Å². The molecule has 0 aromatic carbocycles. The molecule has 0 unspecified atom stereocenters. The molecule has 0 bridgehead atoms. The molecule has 20 heteroatoms. The van der Waals surface area contributed by atoms with Crippen molar-refractivity contribution in [2.45, 2.75) is 119 Å². The zero-order valence-corrected chi connectivity index (χ0v) is 60.7. The van der Waals surface area contributed by atoms with Crippen LogP contribution in [0.2, 0.25) is 0 Å². The topological polar surface area (TPSA) is 0 Å². The smallest absolute Gasteiger partial charge is 0.0856 e. The van der Waals surface area contributed by atoms with Crippen molar-refractivity contribution in [1.29, 1.82) is 0 Å². The second-order valence-corrected chi connectivity index (χ2v) is 40.8. The van der Waals surface area contributed by atoms with Crippen molar-refractivity contribution in [2.75, 3.05) is 34.5 Å². The van der Waals surface area contributed by atoms with Gasteiger partial charge in [-0.1, -0.05) is 269 Å². The Morgan fingerprint density at radius 3 is 0.833 bits per heavy atom. The number of thioether (sulfide) groups is 18. The average molecular weight is 1400 g/mol. The fourth-order valence-electron chi connectivity index (χ4n) is 6.23. The van der Waals surface area contributed by atoms with E-state index in [4.69, 9.17) is 0 Å². The SMILES string of the molecule is CCCCSC1=C(SCCCC)SC(=C2SC=C(C#Cc3ccc(C#CC4=C(C#Cc5ccc(C#CC6=CSC(=C7SC(SCCCC)=C(SCCCC)S7)S6)s5)SC(=C5SC(SCCCC)=C(SCCCC)S5)S4)s3)S2)S1. The summed E-state index contributed by atoms with van der Waals surface area (Å²) in [5.41, 5.74) is 0. The van der Waals surface area contributed by atoms with Gasteiger partial charge in [0.05, 0.1) is 90.0 Å². The first-order valence-electron chi connectivity index (χ1n) is 26.1. The molecule has 0 nitrogen and oxygen atoms in total. The van der Waals surface area contributed by atoms with Crippen molar-refractivity contribution in [3.05, 3.63) is 125 Å². The van der Waals surface area contributed by atoms with E-state index in [0.29, 0.717) is 0 Å². The van der Waals surface area contributed by atoms with Crippen molar-refractivity contribution >= 4 is 234 Å². The van der Waals surface area contributed by atoms with Gasteiger partial charge in [-0.05, 0) is 108 Å². The molecule has 8 heterocycles. The molecule has 0 fully saturated rings. The molecule has 6 aliphatic heterocycles. The van der Waals surface area contributed by atoms with E-state index in [1.54, 1.807) is 46.2 Å². The predicted molar refractivity (Wildman–Crippen MR) is 397 cm³/mol. The van der Waals surface area contributed by atoms with Crippen LogP contribution in [0.3, 0.4) is 0 Å². The van der Waals surface area contributed by atoms with E-state index in [1.165, 1.54) is 162 Å². The Kier molecular flexibility index (Phi) is 30.8.